The van der Waals surface area contributed by atoms with Gasteiger partial charge in [-0.1, -0.05) is 41.4 Å². The Kier molecular flexibility index (Phi) is 5.51. The first-order chi connectivity index (χ1) is 14.2. The molecule has 5 nitrogen and oxygen atoms in total. The van der Waals surface area contributed by atoms with E-state index in [0.717, 1.165) is 11.1 Å². The van der Waals surface area contributed by atoms with Crippen molar-refractivity contribution in [3.8, 4) is 11.1 Å². The molecular weight excluding hydrogens is 435 g/mol. The van der Waals surface area contributed by atoms with Crippen molar-refractivity contribution in [3.05, 3.63) is 52.8 Å². The van der Waals surface area contributed by atoms with E-state index in [9.17, 15) is 13.6 Å². The third-order valence-corrected chi connectivity index (χ3v) is 5.86. The van der Waals surface area contributed by atoms with Gasteiger partial charge in [0.25, 0.3) is 5.92 Å². The minimum Gasteiger partial charge on any atom is -0.481 e. The zero-order valence-corrected chi connectivity index (χ0v) is 17.2. The maximum absolute atomic E-state index is 14.5. The van der Waals surface area contributed by atoms with Gasteiger partial charge >= 0.3 is 5.97 Å². The standard InChI is InChI=1S/C21H17Cl2F2N3O2/c22-15-5-4-13(7-16(15)23)14-2-1-3-17-19(14)20(27-11-26-17)28-9-12(6-18(29)30)8-21(24,25)10-28/h1-5,7,11-12H,6,8-10H2,(H,29,30). The van der Waals surface area contributed by atoms with Gasteiger partial charge in [0, 0.05) is 13.0 Å². The van der Waals surface area contributed by atoms with Crippen LogP contribution in [0.15, 0.2) is 42.7 Å². The van der Waals surface area contributed by atoms with Crippen LogP contribution >= 0.6 is 23.2 Å². The summed E-state index contributed by atoms with van der Waals surface area (Å²) >= 11 is 12.2. The molecule has 0 spiro atoms. The molecular formula is C21H17Cl2F2N3O2. The molecule has 1 aliphatic rings. The number of alkyl halides is 2. The second-order valence-corrected chi connectivity index (χ2v) is 8.24. The summed E-state index contributed by atoms with van der Waals surface area (Å²) in [5.74, 6) is -4.46. The van der Waals surface area contributed by atoms with E-state index in [4.69, 9.17) is 28.3 Å². The van der Waals surface area contributed by atoms with E-state index in [-0.39, 0.29) is 13.0 Å². The summed E-state index contributed by atoms with van der Waals surface area (Å²) in [6.45, 7) is -0.366. The number of carboxylic acids is 1. The van der Waals surface area contributed by atoms with Crippen LogP contribution in [-0.4, -0.2) is 40.1 Å². The molecule has 1 N–H and O–H groups in total. The fraction of sp³-hybridized carbons (Fsp3) is 0.286. The number of hydrogen-bond acceptors (Lipinski definition) is 4. The van der Waals surface area contributed by atoms with E-state index >= 15 is 0 Å². The van der Waals surface area contributed by atoms with Crippen LogP contribution in [0.2, 0.25) is 10.0 Å². The van der Waals surface area contributed by atoms with Crippen molar-refractivity contribution in [3.63, 3.8) is 0 Å². The highest BCUT2D eigenvalue weighted by molar-refractivity contribution is 6.42. The molecule has 1 atom stereocenters. The van der Waals surface area contributed by atoms with Crippen LogP contribution in [0.3, 0.4) is 0 Å². The summed E-state index contributed by atoms with van der Waals surface area (Å²) in [5, 5.41) is 10.5. The van der Waals surface area contributed by atoms with Crippen LogP contribution in [0.5, 0.6) is 0 Å². The number of fused-ring (bicyclic) bond motifs is 1. The van der Waals surface area contributed by atoms with Gasteiger partial charge in [0.1, 0.15) is 12.1 Å². The van der Waals surface area contributed by atoms with Crippen LogP contribution in [0.1, 0.15) is 12.8 Å². The van der Waals surface area contributed by atoms with E-state index in [1.165, 1.54) is 11.2 Å². The second kappa shape index (κ2) is 7.96. The van der Waals surface area contributed by atoms with Crippen molar-refractivity contribution in [2.45, 2.75) is 18.8 Å². The van der Waals surface area contributed by atoms with Gasteiger partial charge in [0.15, 0.2) is 0 Å². The maximum Gasteiger partial charge on any atom is 0.303 e. The quantitative estimate of drug-likeness (QED) is 0.563. The minimum absolute atomic E-state index is 0.170. The van der Waals surface area contributed by atoms with Crippen molar-refractivity contribution in [2.75, 3.05) is 18.0 Å². The number of aliphatic carboxylic acids is 1. The number of aromatic nitrogens is 2. The van der Waals surface area contributed by atoms with E-state index in [1.54, 1.807) is 24.3 Å². The summed E-state index contributed by atoms with van der Waals surface area (Å²) < 4.78 is 28.9. The number of rotatable bonds is 4. The van der Waals surface area contributed by atoms with Gasteiger partial charge in [-0.2, -0.15) is 0 Å². The van der Waals surface area contributed by atoms with E-state index in [1.807, 2.05) is 12.1 Å². The third kappa shape index (κ3) is 4.18. The summed E-state index contributed by atoms with van der Waals surface area (Å²) in [4.78, 5) is 21.2. The lowest BCUT2D eigenvalue weighted by molar-refractivity contribution is -0.139. The Morgan fingerprint density at radius 3 is 2.73 bits per heavy atom. The number of anilines is 1. The summed E-state index contributed by atoms with van der Waals surface area (Å²) in [7, 11) is 0. The normalized spacial score (nSPS) is 18.5. The molecule has 0 radical (unpaired) electrons. The van der Waals surface area contributed by atoms with Crippen LogP contribution in [0.25, 0.3) is 22.0 Å². The SMILES string of the molecule is O=C(O)CC1CN(c2ncnc3cccc(-c4ccc(Cl)c(Cl)c4)c23)CC(F)(F)C1. The molecule has 1 aromatic heterocycles. The number of halogens is 4. The largest absolute Gasteiger partial charge is 0.481 e. The first kappa shape index (κ1) is 20.8. The molecule has 1 saturated heterocycles. The summed E-state index contributed by atoms with van der Waals surface area (Å²) in [5.41, 5.74) is 2.06. The minimum atomic E-state index is -3.02. The lowest BCUT2D eigenvalue weighted by Gasteiger charge is -2.38. The summed E-state index contributed by atoms with van der Waals surface area (Å²) in [6.07, 6.45) is 0.544. The molecule has 4 rings (SSSR count). The van der Waals surface area contributed by atoms with Crippen LogP contribution in [-0.2, 0) is 4.79 Å². The maximum atomic E-state index is 14.5. The topological polar surface area (TPSA) is 66.3 Å². The highest BCUT2D eigenvalue weighted by Crippen LogP contribution is 2.40. The third-order valence-electron chi connectivity index (χ3n) is 5.12. The molecule has 1 aliphatic heterocycles. The van der Waals surface area contributed by atoms with Gasteiger partial charge in [-0.3, -0.25) is 4.79 Å². The highest BCUT2D eigenvalue weighted by Gasteiger charge is 2.42. The van der Waals surface area contributed by atoms with Crippen LogP contribution < -0.4 is 4.90 Å². The smallest absolute Gasteiger partial charge is 0.303 e. The van der Waals surface area contributed by atoms with Gasteiger partial charge in [-0.05, 0) is 35.2 Å². The van der Waals surface area contributed by atoms with Crippen molar-refractivity contribution in [2.24, 2.45) is 5.92 Å². The first-order valence-electron chi connectivity index (χ1n) is 9.27. The molecule has 3 aromatic rings. The Morgan fingerprint density at radius 1 is 1.20 bits per heavy atom. The molecule has 0 bridgehead atoms. The molecule has 30 heavy (non-hydrogen) atoms. The number of piperidine rings is 1. The number of carboxylic acid groups (broad SMARTS) is 1. The van der Waals surface area contributed by atoms with E-state index in [2.05, 4.69) is 9.97 Å². The molecule has 2 heterocycles. The van der Waals surface area contributed by atoms with E-state index in [0.29, 0.717) is 26.8 Å². The predicted octanol–water partition coefficient (Wildman–Crippen LogP) is 5.54. The molecule has 1 fully saturated rings. The lowest BCUT2D eigenvalue weighted by atomic mass is 9.91. The zero-order chi connectivity index (χ0) is 21.5. The molecule has 9 heteroatoms. The fourth-order valence-electron chi connectivity index (χ4n) is 3.99. The van der Waals surface area contributed by atoms with Crippen molar-refractivity contribution < 1.29 is 18.7 Å². The Balaban J connectivity index is 1.85. The first-order valence-corrected chi connectivity index (χ1v) is 10.0. The van der Waals surface area contributed by atoms with Gasteiger partial charge in [-0.25, -0.2) is 18.7 Å². The molecule has 2 aromatic carbocycles. The molecule has 0 amide bonds. The van der Waals surface area contributed by atoms with Gasteiger partial charge < -0.3 is 10.0 Å². The van der Waals surface area contributed by atoms with Crippen LogP contribution in [0, 0.1) is 5.92 Å². The summed E-state index contributed by atoms with van der Waals surface area (Å²) in [6, 6.07) is 10.6. The second-order valence-electron chi connectivity index (χ2n) is 7.43. The zero-order valence-electron chi connectivity index (χ0n) is 15.7. The molecule has 1 unspecified atom stereocenters. The molecule has 0 aliphatic carbocycles. The average Bonchev–Trinajstić information content (AvgIpc) is 2.67. The van der Waals surface area contributed by atoms with Crippen molar-refractivity contribution >= 4 is 45.9 Å². The number of benzene rings is 2. The van der Waals surface area contributed by atoms with Gasteiger partial charge in [0.05, 0.1) is 33.9 Å². The number of hydrogen-bond donors (Lipinski definition) is 1. The van der Waals surface area contributed by atoms with Gasteiger partial charge in [-0.15, -0.1) is 0 Å². The Labute approximate surface area is 181 Å². The molecule has 156 valence electrons. The molecule has 0 saturated carbocycles. The average molecular weight is 452 g/mol. The van der Waals surface area contributed by atoms with Crippen LogP contribution in [0.4, 0.5) is 14.6 Å². The van der Waals surface area contributed by atoms with Gasteiger partial charge in [0.2, 0.25) is 0 Å². The van der Waals surface area contributed by atoms with Crippen molar-refractivity contribution in [1.82, 2.24) is 9.97 Å². The predicted molar refractivity (Wildman–Crippen MR) is 113 cm³/mol. The lowest BCUT2D eigenvalue weighted by Crippen LogP contribution is -2.48. The van der Waals surface area contributed by atoms with Crippen molar-refractivity contribution in [1.29, 1.82) is 0 Å². The monoisotopic (exact) mass is 451 g/mol. The number of carbonyl (C=O) groups is 1. The van der Waals surface area contributed by atoms with E-state index < -0.39 is 30.8 Å². The Morgan fingerprint density at radius 2 is 2.00 bits per heavy atom. The Hall–Kier alpha value is -2.51. The number of nitrogens with zero attached hydrogens (tertiary/aromatic N) is 3. The Bertz CT molecular complexity index is 1120. The fourth-order valence-corrected chi connectivity index (χ4v) is 4.29. The highest BCUT2D eigenvalue weighted by atomic mass is 35.5.